The van der Waals surface area contributed by atoms with Gasteiger partial charge in [-0.25, -0.2) is 0 Å². The molecule has 2 aromatic carbocycles. The van der Waals surface area contributed by atoms with Crippen molar-refractivity contribution in [3.63, 3.8) is 0 Å². The molecule has 128 valence electrons. The van der Waals surface area contributed by atoms with E-state index in [0.717, 1.165) is 26.5 Å². The fraction of sp³-hybridized carbons (Fsp3) is 0.0500. The maximum atomic E-state index is 12.8. The van der Waals surface area contributed by atoms with Crippen LogP contribution < -0.4 is 5.73 Å². The molecule has 26 heavy (non-hydrogen) atoms. The number of rotatable bonds is 3. The summed E-state index contributed by atoms with van der Waals surface area (Å²) in [7, 11) is 0. The number of nitrogens with zero attached hydrogens (tertiary/aromatic N) is 3. The molecule has 0 unspecified atom stereocenters. The van der Waals surface area contributed by atoms with Gasteiger partial charge in [-0.15, -0.1) is 5.10 Å². The molecule has 0 aliphatic rings. The lowest BCUT2D eigenvalue weighted by molar-refractivity contribution is 0.0904. The number of hydrogen-bond acceptors (Lipinski definition) is 4. The van der Waals surface area contributed by atoms with Crippen molar-refractivity contribution in [1.29, 1.82) is 0 Å². The summed E-state index contributed by atoms with van der Waals surface area (Å²) in [5.74, 6) is 0.214. The zero-order valence-corrected chi connectivity index (χ0v) is 15.3. The SMILES string of the molecule is Nc1nn(C(=O)Cc2ccccc2Br)c2ccc(-c3ccncc3)cc12. The summed E-state index contributed by atoms with van der Waals surface area (Å²) in [6.07, 6.45) is 3.73. The van der Waals surface area contributed by atoms with E-state index >= 15 is 0 Å². The number of pyridine rings is 1. The van der Waals surface area contributed by atoms with Gasteiger partial charge >= 0.3 is 0 Å². The van der Waals surface area contributed by atoms with Crippen LogP contribution in [0.15, 0.2) is 71.5 Å². The Morgan fingerprint density at radius 3 is 2.58 bits per heavy atom. The van der Waals surface area contributed by atoms with Crippen molar-refractivity contribution in [2.75, 3.05) is 5.73 Å². The predicted octanol–water partition coefficient (Wildman–Crippen LogP) is 4.33. The molecule has 0 saturated heterocycles. The minimum absolute atomic E-state index is 0.129. The number of aromatic nitrogens is 3. The molecule has 0 fully saturated rings. The Morgan fingerprint density at radius 1 is 1.04 bits per heavy atom. The summed E-state index contributed by atoms with van der Waals surface area (Å²) >= 11 is 3.48. The number of hydrogen-bond donors (Lipinski definition) is 1. The molecule has 0 aliphatic carbocycles. The zero-order valence-electron chi connectivity index (χ0n) is 13.8. The van der Waals surface area contributed by atoms with Gasteiger partial charge in [-0.2, -0.15) is 4.68 Å². The third kappa shape index (κ3) is 2.99. The molecule has 0 spiro atoms. The Morgan fingerprint density at radius 2 is 1.81 bits per heavy atom. The zero-order chi connectivity index (χ0) is 18.1. The smallest absolute Gasteiger partial charge is 0.251 e. The van der Waals surface area contributed by atoms with Gasteiger partial charge in [-0.3, -0.25) is 9.78 Å². The van der Waals surface area contributed by atoms with Gasteiger partial charge in [0, 0.05) is 22.3 Å². The maximum absolute atomic E-state index is 12.8. The van der Waals surface area contributed by atoms with Gasteiger partial charge in [-0.1, -0.05) is 40.2 Å². The van der Waals surface area contributed by atoms with E-state index in [1.54, 1.807) is 12.4 Å². The molecule has 0 aliphatic heterocycles. The first-order valence-corrected chi connectivity index (χ1v) is 8.88. The fourth-order valence-corrected chi connectivity index (χ4v) is 3.36. The van der Waals surface area contributed by atoms with Crippen molar-refractivity contribution >= 4 is 38.6 Å². The highest BCUT2D eigenvalue weighted by atomic mass is 79.9. The molecule has 0 radical (unpaired) electrons. The van der Waals surface area contributed by atoms with Crippen molar-refractivity contribution in [1.82, 2.24) is 14.8 Å². The Balaban J connectivity index is 1.73. The molecule has 5 nitrogen and oxygen atoms in total. The fourth-order valence-electron chi connectivity index (χ4n) is 2.93. The highest BCUT2D eigenvalue weighted by Gasteiger charge is 2.16. The van der Waals surface area contributed by atoms with Gasteiger partial charge in [0.15, 0.2) is 5.82 Å². The number of benzene rings is 2. The molecular formula is C20H15BrN4O. The average molecular weight is 407 g/mol. The predicted molar refractivity (Wildman–Crippen MR) is 106 cm³/mol. The largest absolute Gasteiger partial charge is 0.382 e. The number of carbonyl (C=O) groups is 1. The van der Waals surface area contributed by atoms with E-state index in [4.69, 9.17) is 5.73 Å². The molecule has 2 N–H and O–H groups in total. The number of carbonyl (C=O) groups excluding carboxylic acids is 1. The van der Waals surface area contributed by atoms with E-state index in [-0.39, 0.29) is 12.3 Å². The van der Waals surface area contributed by atoms with Crippen LogP contribution >= 0.6 is 15.9 Å². The third-order valence-electron chi connectivity index (χ3n) is 4.26. The number of anilines is 1. The molecule has 0 bridgehead atoms. The van der Waals surface area contributed by atoms with E-state index in [1.807, 2.05) is 54.6 Å². The minimum atomic E-state index is -0.129. The second-order valence-electron chi connectivity index (χ2n) is 5.93. The van der Waals surface area contributed by atoms with Crippen molar-refractivity contribution in [3.05, 3.63) is 77.0 Å². The maximum Gasteiger partial charge on any atom is 0.251 e. The van der Waals surface area contributed by atoms with Gasteiger partial charge < -0.3 is 5.73 Å². The minimum Gasteiger partial charge on any atom is -0.382 e. The summed E-state index contributed by atoms with van der Waals surface area (Å²) in [5.41, 5.74) is 9.74. The van der Waals surface area contributed by atoms with Crippen molar-refractivity contribution < 1.29 is 4.79 Å². The summed E-state index contributed by atoms with van der Waals surface area (Å²) < 4.78 is 2.29. The van der Waals surface area contributed by atoms with Crippen LogP contribution in [0.25, 0.3) is 22.0 Å². The lowest BCUT2D eigenvalue weighted by Gasteiger charge is -2.05. The standard InChI is InChI=1S/C20H15BrN4O/c21-17-4-2-1-3-15(17)12-19(26)25-18-6-5-14(11-16(18)20(22)24-25)13-7-9-23-10-8-13/h1-11H,12H2,(H2,22,24). The molecule has 4 aromatic rings. The first kappa shape index (κ1) is 16.5. The second kappa shape index (κ2) is 6.72. The van der Waals surface area contributed by atoms with Crippen LogP contribution in [-0.2, 0) is 6.42 Å². The van der Waals surface area contributed by atoms with E-state index in [0.29, 0.717) is 11.3 Å². The highest BCUT2D eigenvalue weighted by molar-refractivity contribution is 9.10. The molecule has 0 atom stereocenters. The van der Waals surface area contributed by atoms with Crippen molar-refractivity contribution in [2.45, 2.75) is 6.42 Å². The van der Waals surface area contributed by atoms with E-state index in [9.17, 15) is 4.79 Å². The number of nitrogens with two attached hydrogens (primary N) is 1. The molecule has 0 saturated carbocycles. The van der Waals surface area contributed by atoms with E-state index in [1.165, 1.54) is 4.68 Å². The molecule has 6 heteroatoms. The Bertz CT molecular complexity index is 1110. The van der Waals surface area contributed by atoms with Crippen LogP contribution in [-0.4, -0.2) is 20.7 Å². The van der Waals surface area contributed by atoms with Crippen molar-refractivity contribution in [3.8, 4) is 11.1 Å². The summed E-state index contributed by atoms with van der Waals surface area (Å²) in [5, 5.41) is 5.03. The third-order valence-corrected chi connectivity index (χ3v) is 5.03. The summed E-state index contributed by atoms with van der Waals surface area (Å²) in [4.78, 5) is 16.8. The van der Waals surface area contributed by atoms with Crippen LogP contribution in [0.1, 0.15) is 10.4 Å². The Kier molecular flexibility index (Phi) is 4.26. The molecular weight excluding hydrogens is 392 g/mol. The molecule has 4 rings (SSSR count). The lowest BCUT2D eigenvalue weighted by atomic mass is 10.1. The van der Waals surface area contributed by atoms with E-state index in [2.05, 4.69) is 26.0 Å². The van der Waals surface area contributed by atoms with Gasteiger partial charge in [0.25, 0.3) is 5.91 Å². The first-order valence-electron chi connectivity index (χ1n) is 8.09. The van der Waals surface area contributed by atoms with Crippen molar-refractivity contribution in [2.24, 2.45) is 0 Å². The highest BCUT2D eigenvalue weighted by Crippen LogP contribution is 2.28. The van der Waals surface area contributed by atoms with Crippen LogP contribution in [0, 0.1) is 0 Å². The summed E-state index contributed by atoms with van der Waals surface area (Å²) in [6, 6.07) is 17.3. The van der Waals surface area contributed by atoms with Crippen LogP contribution in [0.4, 0.5) is 5.82 Å². The lowest BCUT2D eigenvalue weighted by Crippen LogP contribution is -2.15. The van der Waals surface area contributed by atoms with Gasteiger partial charge in [0.1, 0.15) is 0 Å². The van der Waals surface area contributed by atoms with Crippen LogP contribution in [0.3, 0.4) is 0 Å². The van der Waals surface area contributed by atoms with Gasteiger partial charge in [-0.05, 0) is 47.0 Å². The molecule has 2 aromatic heterocycles. The first-order chi connectivity index (χ1) is 12.6. The van der Waals surface area contributed by atoms with Gasteiger partial charge in [0.05, 0.1) is 11.9 Å². The topological polar surface area (TPSA) is 73.8 Å². The van der Waals surface area contributed by atoms with E-state index < -0.39 is 0 Å². The normalized spacial score (nSPS) is 11.0. The monoisotopic (exact) mass is 406 g/mol. The van der Waals surface area contributed by atoms with Crippen LogP contribution in [0.2, 0.25) is 0 Å². The Hall–Kier alpha value is -2.99. The quantitative estimate of drug-likeness (QED) is 0.549. The average Bonchev–Trinajstić information content (AvgIpc) is 3.01. The number of fused-ring (bicyclic) bond motifs is 1. The number of nitrogen functional groups attached to an aromatic ring is 1. The molecule has 0 amide bonds. The Labute approximate surface area is 158 Å². The van der Waals surface area contributed by atoms with Gasteiger partial charge in [0.2, 0.25) is 0 Å². The summed E-state index contributed by atoms with van der Waals surface area (Å²) in [6.45, 7) is 0. The van der Waals surface area contributed by atoms with Crippen LogP contribution in [0.5, 0.6) is 0 Å². The second-order valence-corrected chi connectivity index (χ2v) is 6.78. The molecule has 2 heterocycles. The number of halogens is 1.